The summed E-state index contributed by atoms with van der Waals surface area (Å²) in [5.74, 6) is -2.66. The summed E-state index contributed by atoms with van der Waals surface area (Å²) in [7, 11) is -4.00. The molecule has 344 valence electrons. The summed E-state index contributed by atoms with van der Waals surface area (Å²) in [6.07, 6.45) is 7.65. The van der Waals surface area contributed by atoms with Crippen LogP contribution in [0.4, 0.5) is 5.69 Å². The van der Waals surface area contributed by atoms with Gasteiger partial charge in [0.15, 0.2) is 5.96 Å². The highest BCUT2D eigenvalue weighted by atomic mass is 35.5. The Morgan fingerprint density at radius 3 is 2.32 bits per heavy atom. The molecule has 0 bridgehead atoms. The number of sulfonamides is 1. The number of hydrogen-bond donors (Lipinski definition) is 8. The number of nitrogens with zero attached hydrogens (tertiary/aromatic N) is 3. The molecule has 1 saturated heterocycles. The highest BCUT2D eigenvalue weighted by Crippen LogP contribution is 2.40. The lowest BCUT2D eigenvalue weighted by Crippen LogP contribution is -2.55. The molecule has 2 amide bonds. The van der Waals surface area contributed by atoms with Crippen molar-refractivity contribution in [2.24, 2.45) is 33.3 Å². The number of nitrogens with two attached hydrogens (primary N) is 4. The molecule has 2 aromatic rings. The van der Waals surface area contributed by atoms with Crippen LogP contribution in [-0.2, 0) is 40.4 Å². The van der Waals surface area contributed by atoms with Crippen LogP contribution in [-0.4, -0.2) is 109 Å². The summed E-state index contributed by atoms with van der Waals surface area (Å²) >= 11 is 5.84. The molecule has 2 aromatic carbocycles. The van der Waals surface area contributed by atoms with Crippen molar-refractivity contribution < 1.29 is 47.3 Å². The number of fused-ring (bicyclic) bond motifs is 2. The zero-order valence-electron chi connectivity index (χ0n) is 35.7. The largest absolute Gasteiger partial charge is 0.480 e. The van der Waals surface area contributed by atoms with Crippen LogP contribution in [0.15, 0.2) is 52.4 Å². The quantitative estimate of drug-likeness (QED) is 0.0519. The van der Waals surface area contributed by atoms with Crippen LogP contribution in [0.2, 0.25) is 5.02 Å². The zero-order chi connectivity index (χ0) is 46.3. The molecule has 12 N–H and O–H groups in total. The SMILES string of the molecule is CC1Cc2ccccc2N1NC(=O)c1ccc(Cl)c(S(N)(=O)=O)c1.CCC[C@H](N[C@@H](C)C(=O)N1[C@H](C(=O)O)C[C@@H]2CCCC[C@@H]21)C(=O)OCC.NC(N)=NCCC[C@H](N)C(=O)O. The van der Waals surface area contributed by atoms with Gasteiger partial charge >= 0.3 is 17.9 Å². The number of hydrazine groups is 1. The monoisotopic (exact) mass is 907 g/mol. The van der Waals surface area contributed by atoms with Crippen molar-refractivity contribution in [3.63, 3.8) is 0 Å². The van der Waals surface area contributed by atoms with Crippen molar-refractivity contribution in [3.05, 3.63) is 58.6 Å². The van der Waals surface area contributed by atoms with Gasteiger partial charge in [-0.05, 0) is 101 Å². The molecule has 0 spiro atoms. The molecule has 5 rings (SSSR count). The van der Waals surface area contributed by atoms with Gasteiger partial charge < -0.3 is 37.1 Å². The van der Waals surface area contributed by atoms with Gasteiger partial charge in [-0.2, -0.15) is 0 Å². The number of primary sulfonamides is 1. The Morgan fingerprint density at radius 1 is 1.03 bits per heavy atom. The number of benzene rings is 2. The van der Waals surface area contributed by atoms with Crippen LogP contribution >= 0.6 is 11.6 Å². The van der Waals surface area contributed by atoms with E-state index in [1.54, 1.807) is 23.8 Å². The summed E-state index contributed by atoms with van der Waals surface area (Å²) in [5.41, 5.74) is 20.4. The average molecular weight is 909 g/mol. The molecule has 1 saturated carbocycles. The maximum atomic E-state index is 13.1. The van der Waals surface area contributed by atoms with Crippen molar-refractivity contribution in [3.8, 4) is 0 Å². The highest BCUT2D eigenvalue weighted by Gasteiger charge is 2.48. The van der Waals surface area contributed by atoms with E-state index in [2.05, 4.69) is 15.7 Å². The van der Waals surface area contributed by atoms with Gasteiger partial charge in [0.25, 0.3) is 5.91 Å². The Morgan fingerprint density at radius 2 is 1.71 bits per heavy atom. The Kier molecular flexibility index (Phi) is 19.9. The number of nitrogens with one attached hydrogen (secondary N) is 2. The molecule has 21 heteroatoms. The van der Waals surface area contributed by atoms with Gasteiger partial charge in [0.1, 0.15) is 23.0 Å². The molecular weight excluding hydrogens is 846 g/mol. The van der Waals surface area contributed by atoms with Gasteiger partial charge in [0, 0.05) is 18.2 Å². The number of halogens is 1. The van der Waals surface area contributed by atoms with Crippen molar-refractivity contribution in [1.82, 2.24) is 15.6 Å². The van der Waals surface area contributed by atoms with Gasteiger partial charge in [-0.25, -0.2) is 18.4 Å². The van der Waals surface area contributed by atoms with Crippen LogP contribution in [0.1, 0.15) is 101 Å². The number of ether oxygens (including phenoxy) is 1. The highest BCUT2D eigenvalue weighted by molar-refractivity contribution is 7.89. The second-order valence-corrected chi connectivity index (χ2v) is 17.4. The van der Waals surface area contributed by atoms with Gasteiger partial charge in [0.05, 0.1) is 29.4 Å². The number of carboxylic acid groups (broad SMARTS) is 2. The fourth-order valence-corrected chi connectivity index (χ4v) is 8.88. The minimum Gasteiger partial charge on any atom is -0.480 e. The third kappa shape index (κ3) is 14.5. The Bertz CT molecular complexity index is 2020. The Hall–Kier alpha value is -5.02. The summed E-state index contributed by atoms with van der Waals surface area (Å²) in [5, 5.41) is 27.9. The number of para-hydroxylation sites is 1. The molecule has 0 radical (unpaired) electrons. The van der Waals surface area contributed by atoms with E-state index in [1.165, 1.54) is 18.2 Å². The second kappa shape index (κ2) is 24.0. The lowest BCUT2D eigenvalue weighted by Gasteiger charge is -2.35. The minimum atomic E-state index is -4.00. The number of esters is 1. The van der Waals surface area contributed by atoms with Crippen LogP contribution in [0, 0.1) is 5.92 Å². The fraction of sp³-hybridized carbons (Fsp3) is 0.561. The van der Waals surface area contributed by atoms with Gasteiger partial charge in [-0.1, -0.05) is 56.0 Å². The standard InChI is InChI=1S/C19H32N2O5.C16H16ClN3O3S.C6H14N4O2/c1-4-8-14(19(25)26-5-2)20-12(3)17(22)21-15-10-7-6-9-13(15)11-16(21)18(23)24;1-10-8-11-4-2-3-5-14(11)20(10)19-16(21)12-6-7-13(17)15(9-12)24(18,22)23;7-4(5(11)12)2-1-3-10-6(8)9/h12-16,20H,4-11H2,1-3H3,(H,23,24);2-7,9-10H,8H2,1H3,(H,19,21)(H2,18,22,23);4H,1-3,7H2,(H,11,12)(H4,8,9,10)/t12-,13-,14-,15-,16-;;4-/m0.0/s1. The number of carbonyl (C=O) groups excluding carboxylic acids is 3. The molecule has 1 aliphatic carbocycles. The molecule has 0 aromatic heterocycles. The first-order chi connectivity index (χ1) is 29.2. The summed E-state index contributed by atoms with van der Waals surface area (Å²) in [6, 6.07) is 9.12. The molecule has 2 aliphatic heterocycles. The second-order valence-electron chi connectivity index (χ2n) is 15.5. The van der Waals surface area contributed by atoms with E-state index in [1.807, 2.05) is 38.1 Å². The maximum absolute atomic E-state index is 13.1. The van der Waals surface area contributed by atoms with E-state index >= 15 is 0 Å². The van der Waals surface area contributed by atoms with Gasteiger partial charge in [0.2, 0.25) is 15.9 Å². The molecule has 19 nitrogen and oxygen atoms in total. The first-order valence-corrected chi connectivity index (χ1v) is 22.7. The normalized spacial score (nSPS) is 20.4. The first kappa shape index (κ1) is 51.3. The summed E-state index contributed by atoms with van der Waals surface area (Å²) in [6.45, 7) is 8.13. The number of aliphatic carboxylic acids is 2. The van der Waals surface area contributed by atoms with Gasteiger partial charge in [-0.3, -0.25) is 39.9 Å². The fourth-order valence-electron chi connectivity index (χ4n) is 7.81. The summed E-state index contributed by atoms with van der Waals surface area (Å²) < 4.78 is 28.2. The number of carbonyl (C=O) groups is 5. The number of amides is 2. The van der Waals surface area contributed by atoms with E-state index in [-0.39, 0.29) is 51.3 Å². The number of likely N-dealkylation sites (tertiary alicyclic amines) is 1. The third-order valence-electron chi connectivity index (χ3n) is 10.8. The Labute approximate surface area is 367 Å². The minimum absolute atomic E-state index is 0.00817. The van der Waals surface area contributed by atoms with E-state index < -0.39 is 52.0 Å². The van der Waals surface area contributed by atoms with Crippen LogP contribution < -0.4 is 38.1 Å². The molecule has 2 heterocycles. The topological polar surface area (TPSA) is 316 Å². The van der Waals surface area contributed by atoms with Crippen LogP contribution in [0.3, 0.4) is 0 Å². The zero-order valence-corrected chi connectivity index (χ0v) is 37.2. The number of guanidine groups is 1. The smallest absolute Gasteiger partial charge is 0.326 e. The lowest BCUT2D eigenvalue weighted by molar-refractivity contribution is -0.152. The lowest BCUT2D eigenvalue weighted by atomic mass is 9.84. The van der Waals surface area contributed by atoms with Crippen molar-refractivity contribution >= 4 is 63.0 Å². The third-order valence-corrected chi connectivity index (χ3v) is 12.2. The first-order valence-electron chi connectivity index (χ1n) is 20.7. The molecule has 7 atom stereocenters. The maximum Gasteiger partial charge on any atom is 0.326 e. The molecule has 1 unspecified atom stereocenters. The van der Waals surface area contributed by atoms with Crippen molar-refractivity contribution in [2.75, 3.05) is 18.2 Å². The van der Waals surface area contributed by atoms with Crippen molar-refractivity contribution in [1.29, 1.82) is 0 Å². The van der Waals surface area contributed by atoms with E-state index in [4.69, 9.17) is 43.8 Å². The number of rotatable bonds is 16. The molecule has 2 fully saturated rings. The van der Waals surface area contributed by atoms with E-state index in [0.717, 1.165) is 49.8 Å². The van der Waals surface area contributed by atoms with E-state index in [9.17, 15) is 37.5 Å². The Balaban J connectivity index is 0.000000265. The van der Waals surface area contributed by atoms with Crippen LogP contribution in [0.5, 0.6) is 0 Å². The van der Waals surface area contributed by atoms with Crippen molar-refractivity contribution in [2.45, 2.75) is 133 Å². The van der Waals surface area contributed by atoms with Crippen LogP contribution in [0.25, 0.3) is 0 Å². The molecule has 62 heavy (non-hydrogen) atoms. The summed E-state index contributed by atoms with van der Waals surface area (Å²) in [4.78, 5) is 64.6. The van der Waals surface area contributed by atoms with E-state index in [0.29, 0.717) is 38.8 Å². The number of hydrogen-bond acceptors (Lipinski definition) is 12. The number of carboxylic acids is 2. The number of aliphatic imine (C=N–C) groups is 1. The predicted molar refractivity (Wildman–Crippen MR) is 234 cm³/mol. The average Bonchev–Trinajstić information content (AvgIpc) is 3.76. The molecule has 3 aliphatic rings. The molecular formula is C41H62ClN9O10S. The van der Waals surface area contributed by atoms with Gasteiger partial charge in [-0.15, -0.1) is 0 Å². The predicted octanol–water partition coefficient (Wildman–Crippen LogP) is 2.48. The number of anilines is 1.